The minimum absolute atomic E-state index is 0.0979. The zero-order valence-electron chi connectivity index (χ0n) is 7.64. The van der Waals surface area contributed by atoms with Gasteiger partial charge in [-0.3, -0.25) is 0 Å². The Labute approximate surface area is 97.3 Å². The molecule has 0 fully saturated rings. The number of carbonyl (C=O) groups excluding carboxylic acids is 1. The van der Waals surface area contributed by atoms with E-state index in [4.69, 9.17) is 0 Å². The van der Waals surface area contributed by atoms with E-state index in [9.17, 15) is 18.0 Å². The standard InChI is InChI=1S/C8H7F3INO2/c1-15-7(14)6-2-5(12)3-13(6)4-8(9,10)11/h2-3H,4H2,1H3. The predicted octanol–water partition coefficient (Wildman–Crippen LogP) is 2.44. The van der Waals surface area contributed by atoms with Gasteiger partial charge in [-0.15, -0.1) is 0 Å². The Kier molecular flexibility index (Phi) is 3.63. The molecule has 0 unspecified atom stereocenters. The average molecular weight is 333 g/mol. The highest BCUT2D eigenvalue weighted by atomic mass is 127. The summed E-state index contributed by atoms with van der Waals surface area (Å²) in [4.78, 5) is 11.1. The van der Waals surface area contributed by atoms with E-state index < -0.39 is 18.7 Å². The summed E-state index contributed by atoms with van der Waals surface area (Å²) in [6.45, 7) is -1.19. The van der Waals surface area contributed by atoms with Crippen molar-refractivity contribution in [2.45, 2.75) is 12.7 Å². The highest BCUT2D eigenvalue weighted by molar-refractivity contribution is 14.1. The number of carbonyl (C=O) groups is 1. The molecule has 84 valence electrons. The maximum Gasteiger partial charge on any atom is 0.406 e. The van der Waals surface area contributed by atoms with Crippen molar-refractivity contribution in [2.24, 2.45) is 0 Å². The van der Waals surface area contributed by atoms with Crippen LogP contribution < -0.4 is 0 Å². The molecule has 7 heteroatoms. The fraction of sp³-hybridized carbons (Fsp3) is 0.375. The van der Waals surface area contributed by atoms with Crippen molar-refractivity contribution in [1.29, 1.82) is 0 Å². The van der Waals surface area contributed by atoms with Gasteiger partial charge in [-0.2, -0.15) is 13.2 Å². The van der Waals surface area contributed by atoms with Crippen LogP contribution in [0.15, 0.2) is 12.3 Å². The van der Waals surface area contributed by atoms with E-state index in [0.717, 1.165) is 11.7 Å². The van der Waals surface area contributed by atoms with Gasteiger partial charge in [0.25, 0.3) is 0 Å². The Morgan fingerprint density at radius 1 is 1.60 bits per heavy atom. The Balaban J connectivity index is 3.01. The second-order valence-corrected chi connectivity index (χ2v) is 4.02. The van der Waals surface area contributed by atoms with Crippen molar-refractivity contribution >= 4 is 28.6 Å². The van der Waals surface area contributed by atoms with E-state index in [2.05, 4.69) is 4.74 Å². The first-order valence-corrected chi connectivity index (χ1v) is 4.92. The lowest BCUT2D eigenvalue weighted by atomic mass is 10.4. The minimum Gasteiger partial charge on any atom is -0.464 e. The van der Waals surface area contributed by atoms with E-state index in [1.54, 1.807) is 0 Å². The van der Waals surface area contributed by atoms with Gasteiger partial charge in [0.05, 0.1) is 7.11 Å². The van der Waals surface area contributed by atoms with Crippen LogP contribution in [-0.4, -0.2) is 23.8 Å². The van der Waals surface area contributed by atoms with Gasteiger partial charge in [0.2, 0.25) is 0 Å². The first-order valence-electron chi connectivity index (χ1n) is 3.84. The topological polar surface area (TPSA) is 31.2 Å². The molecule has 0 saturated carbocycles. The normalized spacial score (nSPS) is 11.5. The number of methoxy groups -OCH3 is 1. The second-order valence-electron chi connectivity index (χ2n) is 2.78. The van der Waals surface area contributed by atoms with Crippen LogP contribution in [0.2, 0.25) is 0 Å². The molecule has 3 nitrogen and oxygen atoms in total. The number of esters is 1. The first kappa shape index (κ1) is 12.3. The SMILES string of the molecule is COC(=O)c1cc(I)cn1CC(F)(F)F. The summed E-state index contributed by atoms with van der Waals surface area (Å²) in [5.74, 6) is -0.776. The average Bonchev–Trinajstić information content (AvgIpc) is 2.42. The lowest BCUT2D eigenvalue weighted by Crippen LogP contribution is -2.20. The number of ether oxygens (including phenoxy) is 1. The lowest BCUT2D eigenvalue weighted by molar-refractivity contribution is -0.140. The fourth-order valence-corrected chi connectivity index (χ4v) is 1.71. The highest BCUT2D eigenvalue weighted by Gasteiger charge is 2.30. The van der Waals surface area contributed by atoms with Gasteiger partial charge in [0, 0.05) is 9.77 Å². The van der Waals surface area contributed by atoms with Crippen LogP contribution in [0.5, 0.6) is 0 Å². The van der Waals surface area contributed by atoms with Crippen LogP contribution >= 0.6 is 22.6 Å². The van der Waals surface area contributed by atoms with Crippen molar-refractivity contribution in [1.82, 2.24) is 4.57 Å². The molecule has 0 aliphatic heterocycles. The third kappa shape index (κ3) is 3.40. The largest absolute Gasteiger partial charge is 0.464 e. The molecule has 15 heavy (non-hydrogen) atoms. The van der Waals surface area contributed by atoms with E-state index in [1.807, 2.05) is 22.6 Å². The summed E-state index contributed by atoms with van der Waals surface area (Å²) in [5, 5.41) is 0. The van der Waals surface area contributed by atoms with Crippen molar-refractivity contribution < 1.29 is 22.7 Å². The lowest BCUT2D eigenvalue weighted by Gasteiger charge is -2.10. The number of rotatable bonds is 2. The molecule has 0 aliphatic carbocycles. The molecule has 1 aromatic heterocycles. The van der Waals surface area contributed by atoms with Gasteiger partial charge in [-0.1, -0.05) is 0 Å². The van der Waals surface area contributed by atoms with E-state index in [1.165, 1.54) is 12.3 Å². The smallest absolute Gasteiger partial charge is 0.406 e. The van der Waals surface area contributed by atoms with Crippen LogP contribution in [-0.2, 0) is 11.3 Å². The molecule has 0 amide bonds. The second kappa shape index (κ2) is 4.42. The first-order chi connectivity index (χ1) is 6.83. The van der Waals surface area contributed by atoms with E-state index >= 15 is 0 Å². The molecule has 1 aromatic rings. The molecule has 0 bridgehead atoms. The number of hydrogen-bond acceptors (Lipinski definition) is 2. The summed E-state index contributed by atoms with van der Waals surface area (Å²) < 4.78 is 42.1. The molecule has 0 N–H and O–H groups in total. The van der Waals surface area contributed by atoms with Gasteiger partial charge in [-0.05, 0) is 28.7 Å². The maximum absolute atomic E-state index is 12.1. The summed E-state index contributed by atoms with van der Waals surface area (Å²) in [6, 6.07) is 1.35. The molecular weight excluding hydrogens is 326 g/mol. The van der Waals surface area contributed by atoms with Crippen LogP contribution in [0, 0.1) is 3.57 Å². The van der Waals surface area contributed by atoms with Crippen molar-refractivity contribution in [3.8, 4) is 0 Å². The number of aromatic nitrogens is 1. The Morgan fingerprint density at radius 2 is 2.20 bits per heavy atom. The Hall–Kier alpha value is -0.730. The van der Waals surface area contributed by atoms with Gasteiger partial charge < -0.3 is 9.30 Å². The number of halogens is 4. The van der Waals surface area contributed by atoms with Crippen LogP contribution in [0.25, 0.3) is 0 Å². The molecule has 0 aliphatic rings. The van der Waals surface area contributed by atoms with Crippen molar-refractivity contribution in [2.75, 3.05) is 7.11 Å². The Morgan fingerprint density at radius 3 is 2.67 bits per heavy atom. The monoisotopic (exact) mass is 333 g/mol. The third-order valence-corrected chi connectivity index (χ3v) is 2.20. The third-order valence-electron chi connectivity index (χ3n) is 1.61. The summed E-state index contributed by atoms with van der Waals surface area (Å²) in [6.07, 6.45) is -3.11. The molecule has 0 aromatic carbocycles. The minimum atomic E-state index is -4.36. The van der Waals surface area contributed by atoms with Crippen LogP contribution in [0.1, 0.15) is 10.5 Å². The van der Waals surface area contributed by atoms with Crippen LogP contribution in [0.4, 0.5) is 13.2 Å². The van der Waals surface area contributed by atoms with Crippen LogP contribution in [0.3, 0.4) is 0 Å². The van der Waals surface area contributed by atoms with Gasteiger partial charge in [0.15, 0.2) is 0 Å². The van der Waals surface area contributed by atoms with Crippen molar-refractivity contribution in [3.05, 3.63) is 21.5 Å². The predicted molar refractivity (Wildman–Crippen MR) is 54.5 cm³/mol. The summed E-state index contributed by atoms with van der Waals surface area (Å²) >= 11 is 1.83. The van der Waals surface area contributed by atoms with Gasteiger partial charge in [-0.25, -0.2) is 4.79 Å². The zero-order valence-corrected chi connectivity index (χ0v) is 9.79. The zero-order chi connectivity index (χ0) is 11.6. The quantitative estimate of drug-likeness (QED) is 0.615. The molecule has 1 heterocycles. The molecule has 0 atom stereocenters. The summed E-state index contributed by atoms with van der Waals surface area (Å²) in [7, 11) is 1.13. The van der Waals surface area contributed by atoms with Crippen molar-refractivity contribution in [3.63, 3.8) is 0 Å². The highest BCUT2D eigenvalue weighted by Crippen LogP contribution is 2.21. The van der Waals surface area contributed by atoms with Gasteiger partial charge >= 0.3 is 12.1 Å². The van der Waals surface area contributed by atoms with E-state index in [-0.39, 0.29) is 5.69 Å². The van der Waals surface area contributed by atoms with E-state index in [0.29, 0.717) is 3.57 Å². The number of hydrogen-bond donors (Lipinski definition) is 0. The molecule has 0 radical (unpaired) electrons. The fourth-order valence-electron chi connectivity index (χ4n) is 1.07. The molecule has 1 rings (SSSR count). The number of nitrogens with zero attached hydrogens (tertiary/aromatic N) is 1. The van der Waals surface area contributed by atoms with Gasteiger partial charge in [0.1, 0.15) is 12.2 Å². The molecule has 0 spiro atoms. The molecular formula is C8H7F3INO2. The maximum atomic E-state index is 12.1. The Bertz CT molecular complexity index is 372. The summed E-state index contributed by atoms with van der Waals surface area (Å²) in [5.41, 5.74) is -0.0979. The number of alkyl halides is 3. The molecule has 0 saturated heterocycles.